The fraction of sp³-hybridized carbons (Fsp3) is 0.238. The van der Waals surface area contributed by atoms with E-state index in [2.05, 4.69) is 22.4 Å². The van der Waals surface area contributed by atoms with E-state index in [-0.39, 0.29) is 12.3 Å². The second kappa shape index (κ2) is 8.24. The van der Waals surface area contributed by atoms with Crippen LogP contribution in [0.15, 0.2) is 59.5 Å². The molecule has 2 heterocycles. The Morgan fingerprint density at radius 2 is 1.80 bits per heavy atom. The minimum absolute atomic E-state index is 0.241. The second-order valence-corrected chi connectivity index (χ2v) is 6.62. The molecule has 0 N–H and O–H groups in total. The maximum atomic E-state index is 12.3. The first kappa shape index (κ1) is 19.4. The van der Waals surface area contributed by atoms with Crippen LogP contribution in [-0.4, -0.2) is 36.7 Å². The van der Waals surface area contributed by atoms with Gasteiger partial charge in [0.2, 0.25) is 5.88 Å². The molecule has 0 saturated heterocycles. The third kappa shape index (κ3) is 3.57. The van der Waals surface area contributed by atoms with Crippen molar-refractivity contribution >= 4 is 0 Å². The van der Waals surface area contributed by atoms with Crippen LogP contribution < -0.4 is 15.2 Å². The largest absolute Gasteiger partial charge is 0.494 e. The number of aromatic nitrogens is 6. The molecular formula is C21H22N6O3. The van der Waals surface area contributed by atoms with Crippen LogP contribution in [0.4, 0.5) is 0 Å². The Morgan fingerprint density at radius 3 is 2.53 bits per heavy atom. The lowest BCUT2D eigenvalue weighted by Crippen LogP contribution is -2.23. The van der Waals surface area contributed by atoms with Crippen molar-refractivity contribution in [3.63, 3.8) is 0 Å². The fourth-order valence-corrected chi connectivity index (χ4v) is 3.27. The molecule has 0 aliphatic heterocycles. The summed E-state index contributed by atoms with van der Waals surface area (Å²) < 4.78 is 15.6. The molecule has 2 aromatic heterocycles. The molecular weight excluding hydrogens is 384 g/mol. The van der Waals surface area contributed by atoms with E-state index in [1.807, 2.05) is 48.7 Å². The van der Waals surface area contributed by atoms with Crippen LogP contribution in [-0.2, 0) is 20.1 Å². The van der Waals surface area contributed by atoms with Gasteiger partial charge in [0.1, 0.15) is 18.0 Å². The monoisotopic (exact) mass is 406 g/mol. The van der Waals surface area contributed by atoms with Gasteiger partial charge < -0.3 is 9.47 Å². The van der Waals surface area contributed by atoms with Gasteiger partial charge in [-0.15, -0.1) is 5.10 Å². The summed E-state index contributed by atoms with van der Waals surface area (Å²) in [5.74, 6) is 1.18. The molecule has 30 heavy (non-hydrogen) atoms. The van der Waals surface area contributed by atoms with Crippen LogP contribution in [0, 0.1) is 0 Å². The SMILES string of the molecule is CCc1cccc(-n2nnn(C)c2=O)c1COc1ccn(-c2ccccc2OC)n1. The Morgan fingerprint density at radius 1 is 1.00 bits per heavy atom. The number of hydrogen-bond acceptors (Lipinski definition) is 6. The molecule has 0 spiro atoms. The van der Waals surface area contributed by atoms with Crippen molar-refractivity contribution in [1.82, 2.24) is 29.6 Å². The zero-order chi connectivity index (χ0) is 21.1. The lowest BCUT2D eigenvalue weighted by molar-refractivity contribution is 0.290. The van der Waals surface area contributed by atoms with Crippen LogP contribution in [0.5, 0.6) is 11.6 Å². The van der Waals surface area contributed by atoms with Crippen LogP contribution in [0.1, 0.15) is 18.1 Å². The number of para-hydroxylation sites is 2. The standard InChI is InChI=1S/C21H22N6O3/c1-4-15-8-7-10-17(27-21(28)25(2)23-24-27)16(15)14-30-20-12-13-26(22-20)18-9-5-6-11-19(18)29-3/h5-13H,4,14H2,1-3H3. The lowest BCUT2D eigenvalue weighted by atomic mass is 10.0. The summed E-state index contributed by atoms with van der Waals surface area (Å²) in [7, 11) is 3.19. The van der Waals surface area contributed by atoms with Gasteiger partial charge in [-0.2, -0.15) is 9.36 Å². The smallest absolute Gasteiger partial charge is 0.368 e. The molecule has 154 valence electrons. The number of rotatable bonds is 7. The highest BCUT2D eigenvalue weighted by Crippen LogP contribution is 2.24. The predicted octanol–water partition coefficient (Wildman–Crippen LogP) is 2.30. The molecule has 0 fully saturated rings. The first-order valence-corrected chi connectivity index (χ1v) is 9.54. The number of ether oxygens (including phenoxy) is 2. The van der Waals surface area contributed by atoms with E-state index < -0.39 is 0 Å². The zero-order valence-corrected chi connectivity index (χ0v) is 17.0. The number of hydrogen-bond donors (Lipinski definition) is 0. The van der Waals surface area contributed by atoms with E-state index in [1.165, 1.54) is 9.36 Å². The highest BCUT2D eigenvalue weighted by molar-refractivity contribution is 5.47. The number of aryl methyl sites for hydroxylation is 2. The summed E-state index contributed by atoms with van der Waals surface area (Å²) in [5, 5.41) is 12.3. The van der Waals surface area contributed by atoms with Crippen molar-refractivity contribution in [3.05, 3.63) is 76.3 Å². The minimum atomic E-state index is -0.315. The van der Waals surface area contributed by atoms with Crippen LogP contribution >= 0.6 is 0 Å². The van der Waals surface area contributed by atoms with Gasteiger partial charge in [0.05, 0.1) is 12.8 Å². The van der Waals surface area contributed by atoms with Crippen LogP contribution in [0.25, 0.3) is 11.4 Å². The van der Waals surface area contributed by atoms with Crippen LogP contribution in [0.3, 0.4) is 0 Å². The van der Waals surface area contributed by atoms with Crippen LogP contribution in [0.2, 0.25) is 0 Å². The molecule has 2 aromatic carbocycles. The van der Waals surface area contributed by atoms with E-state index in [0.717, 1.165) is 23.2 Å². The van der Waals surface area contributed by atoms with Gasteiger partial charge in [0, 0.05) is 24.9 Å². The van der Waals surface area contributed by atoms with E-state index >= 15 is 0 Å². The van der Waals surface area contributed by atoms with E-state index in [1.54, 1.807) is 24.9 Å². The number of methoxy groups -OCH3 is 1. The number of benzene rings is 2. The molecule has 0 radical (unpaired) electrons. The quantitative estimate of drug-likeness (QED) is 0.468. The summed E-state index contributed by atoms with van der Waals surface area (Å²) >= 11 is 0. The van der Waals surface area contributed by atoms with Crippen molar-refractivity contribution in [1.29, 1.82) is 0 Å². The molecule has 0 atom stereocenters. The third-order valence-corrected chi connectivity index (χ3v) is 4.84. The normalized spacial score (nSPS) is 10.9. The average Bonchev–Trinajstić information content (AvgIpc) is 3.38. The summed E-state index contributed by atoms with van der Waals surface area (Å²) in [5.41, 5.74) is 3.08. The first-order valence-electron chi connectivity index (χ1n) is 9.54. The lowest BCUT2D eigenvalue weighted by Gasteiger charge is -2.13. The summed E-state index contributed by atoms with van der Waals surface area (Å²) in [4.78, 5) is 12.3. The van der Waals surface area contributed by atoms with Gasteiger partial charge in [0.15, 0.2) is 0 Å². The molecule has 0 aliphatic carbocycles. The van der Waals surface area contributed by atoms with E-state index in [4.69, 9.17) is 9.47 Å². The van der Waals surface area contributed by atoms with Gasteiger partial charge >= 0.3 is 5.69 Å². The molecule has 0 unspecified atom stereocenters. The van der Waals surface area contributed by atoms with Crippen molar-refractivity contribution in [2.75, 3.05) is 7.11 Å². The van der Waals surface area contributed by atoms with Gasteiger partial charge in [0.25, 0.3) is 0 Å². The van der Waals surface area contributed by atoms with Gasteiger partial charge in [-0.25, -0.2) is 9.48 Å². The topological polar surface area (TPSA) is 89.0 Å². The molecule has 0 amide bonds. The Balaban J connectivity index is 1.63. The Kier molecular flexibility index (Phi) is 5.34. The Bertz CT molecular complexity index is 1220. The van der Waals surface area contributed by atoms with Crippen molar-refractivity contribution in [2.45, 2.75) is 20.0 Å². The zero-order valence-electron chi connectivity index (χ0n) is 17.0. The number of nitrogens with zero attached hydrogens (tertiary/aromatic N) is 6. The molecule has 9 nitrogen and oxygen atoms in total. The van der Waals surface area contributed by atoms with Crippen molar-refractivity contribution in [2.24, 2.45) is 7.05 Å². The molecule has 0 aliphatic rings. The minimum Gasteiger partial charge on any atom is -0.494 e. The third-order valence-electron chi connectivity index (χ3n) is 4.84. The van der Waals surface area contributed by atoms with Gasteiger partial charge in [-0.1, -0.05) is 31.2 Å². The maximum Gasteiger partial charge on any atom is 0.368 e. The molecule has 4 rings (SSSR count). The average molecular weight is 406 g/mol. The first-order chi connectivity index (χ1) is 14.6. The van der Waals surface area contributed by atoms with Crippen molar-refractivity contribution < 1.29 is 9.47 Å². The van der Waals surface area contributed by atoms with E-state index in [9.17, 15) is 4.79 Å². The Hall–Kier alpha value is -3.88. The van der Waals surface area contributed by atoms with E-state index in [0.29, 0.717) is 17.3 Å². The summed E-state index contributed by atoms with van der Waals surface area (Å²) in [6, 6.07) is 15.1. The highest BCUT2D eigenvalue weighted by atomic mass is 16.5. The highest BCUT2D eigenvalue weighted by Gasteiger charge is 2.15. The second-order valence-electron chi connectivity index (χ2n) is 6.62. The predicted molar refractivity (Wildman–Crippen MR) is 110 cm³/mol. The molecule has 0 saturated carbocycles. The molecule has 9 heteroatoms. The van der Waals surface area contributed by atoms with Crippen molar-refractivity contribution in [3.8, 4) is 23.0 Å². The molecule has 0 bridgehead atoms. The fourth-order valence-electron chi connectivity index (χ4n) is 3.27. The number of tetrazole rings is 1. The summed E-state index contributed by atoms with van der Waals surface area (Å²) in [6.45, 7) is 2.30. The Labute approximate surface area is 173 Å². The summed E-state index contributed by atoms with van der Waals surface area (Å²) in [6.07, 6.45) is 2.60. The van der Waals surface area contributed by atoms with Gasteiger partial charge in [-0.3, -0.25) is 0 Å². The maximum absolute atomic E-state index is 12.3. The molecule has 4 aromatic rings. The van der Waals surface area contributed by atoms with Gasteiger partial charge in [-0.05, 0) is 40.6 Å².